The summed E-state index contributed by atoms with van der Waals surface area (Å²) in [5.41, 5.74) is 6.11. The van der Waals surface area contributed by atoms with Crippen LogP contribution in [0.15, 0.2) is 84.9 Å². The Balaban J connectivity index is -0.000000686. The van der Waals surface area contributed by atoms with E-state index in [9.17, 15) is 0 Å². The van der Waals surface area contributed by atoms with Crippen LogP contribution < -0.4 is 0 Å². The van der Waals surface area contributed by atoms with E-state index in [-0.39, 0.29) is 63.0 Å². The number of fused-ring (bicyclic) bond motifs is 2. The number of hydrogen-bond donors (Lipinski definition) is 0. The summed E-state index contributed by atoms with van der Waals surface area (Å²) in [6.07, 6.45) is 5.00. The predicted molar refractivity (Wildman–Crippen MR) is 144 cm³/mol. The molecule has 0 radical (unpaired) electrons. The van der Waals surface area contributed by atoms with Crippen LogP contribution in [0.4, 0.5) is 0 Å². The smallest absolute Gasteiger partial charge is 0 e. The van der Waals surface area contributed by atoms with Crippen molar-refractivity contribution >= 4 is 10.8 Å². The number of hydrogen-bond acceptors (Lipinski definition) is 0. The fourth-order valence-corrected chi connectivity index (χ4v) is 4.07. The SMILES string of the molecule is CC(C[c-]1ccc2cc3c(cc21)CCC3)c1ccccc1.[CH3-].[CH3-].[CH3-].[CH3-].[CH3-].[Hf].c1cc[cH-]c1. The summed E-state index contributed by atoms with van der Waals surface area (Å²) in [5.74, 6) is 0.574. The van der Waals surface area contributed by atoms with E-state index >= 15 is 0 Å². The summed E-state index contributed by atoms with van der Waals surface area (Å²) in [7, 11) is 0. The molecule has 0 nitrogen and oxygen atoms in total. The van der Waals surface area contributed by atoms with Gasteiger partial charge in [0.2, 0.25) is 0 Å². The van der Waals surface area contributed by atoms with Gasteiger partial charge in [0.15, 0.2) is 0 Å². The van der Waals surface area contributed by atoms with Crippen LogP contribution in [0.1, 0.15) is 41.5 Å². The van der Waals surface area contributed by atoms with Crippen molar-refractivity contribution in [3.05, 3.63) is 144 Å². The van der Waals surface area contributed by atoms with Gasteiger partial charge in [0.25, 0.3) is 0 Å². The van der Waals surface area contributed by atoms with Gasteiger partial charge in [-0.2, -0.15) is 24.3 Å². The van der Waals surface area contributed by atoms with Gasteiger partial charge in [-0.1, -0.05) is 54.8 Å². The van der Waals surface area contributed by atoms with E-state index in [2.05, 4.69) is 61.5 Å². The maximum absolute atomic E-state index is 2.46. The Bertz CT molecular complexity index is 928. The third-order valence-electron chi connectivity index (χ3n) is 5.52. The summed E-state index contributed by atoms with van der Waals surface area (Å²) >= 11 is 0. The molecule has 5 rings (SSSR count). The zero-order chi connectivity index (χ0) is 17.8. The van der Waals surface area contributed by atoms with E-state index in [1.54, 1.807) is 11.1 Å². The summed E-state index contributed by atoms with van der Waals surface area (Å²) in [5, 5.41) is 2.92. The Morgan fingerprint density at radius 2 is 1.41 bits per heavy atom. The van der Waals surface area contributed by atoms with Gasteiger partial charge in [-0.25, -0.2) is 12.1 Å². The molecule has 1 unspecified atom stereocenters. The van der Waals surface area contributed by atoms with E-state index < -0.39 is 0 Å². The van der Waals surface area contributed by atoms with Gasteiger partial charge in [-0.15, -0.1) is 34.5 Å². The third-order valence-corrected chi connectivity index (χ3v) is 5.52. The normalized spacial score (nSPS) is 11.3. The quantitative estimate of drug-likeness (QED) is 0.165. The first-order valence-corrected chi connectivity index (χ1v) is 9.73. The molecule has 4 aromatic rings. The van der Waals surface area contributed by atoms with Gasteiger partial charge < -0.3 is 37.1 Å². The fourth-order valence-electron chi connectivity index (χ4n) is 4.07. The van der Waals surface area contributed by atoms with E-state index in [0.717, 1.165) is 6.42 Å². The van der Waals surface area contributed by atoms with Crippen molar-refractivity contribution in [1.82, 2.24) is 0 Å². The van der Waals surface area contributed by atoms with E-state index in [1.165, 1.54) is 41.2 Å². The largest absolute Gasteiger partial charge is 0.358 e. The predicted octanol–water partition coefficient (Wildman–Crippen LogP) is 9.05. The van der Waals surface area contributed by atoms with Crippen LogP contribution in [0.5, 0.6) is 0 Å². The monoisotopic (exact) mass is 593 g/mol. The second kappa shape index (κ2) is 16.8. The Kier molecular flexibility index (Phi) is 18.4. The van der Waals surface area contributed by atoms with Crippen molar-refractivity contribution in [2.75, 3.05) is 0 Å². The minimum atomic E-state index is 0. The second-order valence-corrected chi connectivity index (χ2v) is 7.40. The molecule has 0 saturated carbocycles. The maximum atomic E-state index is 2.46. The first kappa shape index (κ1) is 34.9. The molecule has 0 aromatic heterocycles. The first-order valence-electron chi connectivity index (χ1n) is 9.73. The average Bonchev–Trinajstić information content (AvgIpc) is 3.44. The number of benzene rings is 2. The molecule has 32 heavy (non-hydrogen) atoms. The molecule has 1 aliphatic rings. The average molecular weight is 592 g/mol. The van der Waals surface area contributed by atoms with E-state index in [1.807, 2.05) is 30.3 Å². The minimum absolute atomic E-state index is 0. The molecule has 176 valence electrons. The zero-order valence-electron chi connectivity index (χ0n) is 21.0. The minimum Gasteiger partial charge on any atom is -0.358 e. The Labute approximate surface area is 218 Å². The van der Waals surface area contributed by atoms with Gasteiger partial charge in [0.05, 0.1) is 0 Å². The molecule has 0 amide bonds. The maximum Gasteiger partial charge on any atom is 0 e. The molecule has 0 fully saturated rings. The first-order chi connectivity index (χ1) is 12.8. The summed E-state index contributed by atoms with van der Waals surface area (Å²) in [4.78, 5) is 0. The number of rotatable bonds is 3. The molecule has 0 saturated heterocycles. The number of aryl methyl sites for hydroxylation is 2. The third kappa shape index (κ3) is 8.32. The van der Waals surface area contributed by atoms with Crippen molar-refractivity contribution in [1.29, 1.82) is 0 Å². The molecular weight excluding hydrogens is 551 g/mol. The van der Waals surface area contributed by atoms with Crippen molar-refractivity contribution in [3.8, 4) is 0 Å². The Morgan fingerprint density at radius 3 is 1.97 bits per heavy atom. The van der Waals surface area contributed by atoms with Crippen molar-refractivity contribution in [2.24, 2.45) is 0 Å². The molecule has 0 aliphatic heterocycles. The van der Waals surface area contributed by atoms with Gasteiger partial charge in [0.1, 0.15) is 0 Å². The van der Waals surface area contributed by atoms with Crippen LogP contribution in [-0.2, 0) is 45.1 Å². The van der Waals surface area contributed by atoms with Crippen molar-refractivity contribution < 1.29 is 25.8 Å². The van der Waals surface area contributed by atoms with E-state index in [0.29, 0.717) is 5.92 Å². The van der Waals surface area contributed by atoms with E-state index in [4.69, 9.17) is 0 Å². The van der Waals surface area contributed by atoms with Gasteiger partial charge in [0, 0.05) is 25.8 Å². The van der Waals surface area contributed by atoms with Gasteiger partial charge in [-0.3, -0.25) is 0 Å². The molecule has 1 aliphatic carbocycles. The van der Waals surface area contributed by atoms with Crippen molar-refractivity contribution in [3.63, 3.8) is 0 Å². The molecular formula is C31H41Hf-7. The molecule has 0 N–H and O–H groups in total. The van der Waals surface area contributed by atoms with Crippen LogP contribution in [-0.4, -0.2) is 0 Å². The molecule has 4 aromatic carbocycles. The molecule has 1 atom stereocenters. The standard InChI is InChI=1S/C21H21.C5H5.5CH3.Hf/c1-15(16-6-3-2-4-7-16)12-19-10-11-20-13-17-8-5-9-18(17)14-21(19)20;1-2-4-5-3-1;;;;;;/h2-4,6-7,10-11,13-15H,5,8-9,12H2,1H3;1-5H;5*1H3;/q7*-1;. The molecule has 1 heteroatoms. The van der Waals surface area contributed by atoms with Crippen LogP contribution in [0.2, 0.25) is 0 Å². The summed E-state index contributed by atoms with van der Waals surface area (Å²) in [6, 6.07) is 30.4. The zero-order valence-corrected chi connectivity index (χ0v) is 24.6. The molecule has 0 bridgehead atoms. The Hall–Kier alpha value is -1.73. The Morgan fingerprint density at radius 1 is 0.812 bits per heavy atom. The van der Waals surface area contributed by atoms with Crippen LogP contribution in [0.25, 0.3) is 10.8 Å². The van der Waals surface area contributed by atoms with Gasteiger partial charge in [-0.05, 0) is 30.7 Å². The van der Waals surface area contributed by atoms with Crippen LogP contribution >= 0.6 is 0 Å². The molecule has 0 spiro atoms. The second-order valence-electron chi connectivity index (χ2n) is 7.40. The van der Waals surface area contributed by atoms with Crippen LogP contribution in [0, 0.1) is 37.1 Å². The van der Waals surface area contributed by atoms with Crippen molar-refractivity contribution in [2.45, 2.75) is 38.5 Å². The fraction of sp³-hybridized carbons (Fsp3) is 0.194. The van der Waals surface area contributed by atoms with Gasteiger partial charge >= 0.3 is 0 Å². The molecule has 0 heterocycles. The van der Waals surface area contributed by atoms with Crippen LogP contribution in [0.3, 0.4) is 0 Å². The summed E-state index contributed by atoms with van der Waals surface area (Å²) < 4.78 is 0. The summed E-state index contributed by atoms with van der Waals surface area (Å²) in [6.45, 7) is 2.33. The topological polar surface area (TPSA) is 0 Å².